The van der Waals surface area contributed by atoms with Crippen LogP contribution in [0.4, 0.5) is 5.69 Å². The summed E-state index contributed by atoms with van der Waals surface area (Å²) in [4.78, 5) is 25.6. The summed E-state index contributed by atoms with van der Waals surface area (Å²) in [6, 6.07) is 14.1. The molecule has 3 rings (SSSR count). The molecule has 0 spiro atoms. The quantitative estimate of drug-likeness (QED) is 0.536. The molecule has 7 heteroatoms. The van der Waals surface area contributed by atoms with Gasteiger partial charge in [0.1, 0.15) is 0 Å². The zero-order valence-corrected chi connectivity index (χ0v) is 19.9. The van der Waals surface area contributed by atoms with Crippen LogP contribution in [0.3, 0.4) is 0 Å². The lowest BCUT2D eigenvalue weighted by Crippen LogP contribution is -2.44. The molecule has 1 atom stereocenters. The summed E-state index contributed by atoms with van der Waals surface area (Å²) in [7, 11) is 1.67. The van der Waals surface area contributed by atoms with E-state index in [1.807, 2.05) is 37.3 Å². The fourth-order valence-corrected chi connectivity index (χ4v) is 4.62. The van der Waals surface area contributed by atoms with Gasteiger partial charge in [-0.05, 0) is 68.5 Å². The number of hydrogen-bond acceptors (Lipinski definition) is 4. The molecule has 0 heterocycles. The predicted octanol–water partition coefficient (Wildman–Crippen LogP) is 5.11. The molecule has 1 fully saturated rings. The third-order valence-corrected chi connectivity index (χ3v) is 6.63. The number of nitrogens with one attached hydrogen (secondary N) is 2. The Morgan fingerprint density at radius 2 is 1.88 bits per heavy atom. The highest BCUT2D eigenvalue weighted by Gasteiger charge is 2.40. The minimum atomic E-state index is -0.372. The van der Waals surface area contributed by atoms with Gasteiger partial charge in [0.25, 0.3) is 5.91 Å². The molecule has 1 aliphatic rings. The first kappa shape index (κ1) is 24.8. The van der Waals surface area contributed by atoms with E-state index in [9.17, 15) is 9.59 Å². The summed E-state index contributed by atoms with van der Waals surface area (Å²) in [5.74, 6) is -0.242. The van der Waals surface area contributed by atoms with Crippen molar-refractivity contribution in [3.63, 3.8) is 0 Å². The summed E-state index contributed by atoms with van der Waals surface area (Å²) >= 11 is 6.11. The lowest BCUT2D eigenvalue weighted by molar-refractivity contribution is -0.132. The predicted molar refractivity (Wildman–Crippen MR) is 129 cm³/mol. The maximum absolute atomic E-state index is 13.0. The van der Waals surface area contributed by atoms with E-state index >= 15 is 0 Å². The van der Waals surface area contributed by atoms with Gasteiger partial charge < -0.3 is 15.4 Å². The number of carbonyl (C=O) groups excluding carboxylic acids is 2. The third kappa shape index (κ3) is 6.34. The standard InChI is InChI=1S/C26H30ClN3O3/c1-18(29-25(32)26(13-14-33-2)11-3-4-12-26)15-19-5-8-21(9-6-19)30-24(31)22-16-20(17-28)7-10-23(22)27/h5-10,16,18H,3-4,11-15H2,1-2H3,(H,29,32)(H,30,31)/t18-/m1/s1. The molecule has 0 unspecified atom stereocenters. The van der Waals surface area contributed by atoms with Crippen LogP contribution >= 0.6 is 11.6 Å². The minimum absolute atomic E-state index is 0.00881. The molecule has 6 nitrogen and oxygen atoms in total. The number of methoxy groups -OCH3 is 1. The number of anilines is 1. The van der Waals surface area contributed by atoms with Crippen LogP contribution < -0.4 is 10.6 Å². The molecule has 0 aliphatic heterocycles. The van der Waals surface area contributed by atoms with Crippen molar-refractivity contribution in [2.75, 3.05) is 19.0 Å². The Bertz CT molecular complexity index is 1020. The van der Waals surface area contributed by atoms with Gasteiger partial charge in [-0.25, -0.2) is 0 Å². The number of ether oxygens (including phenoxy) is 1. The Morgan fingerprint density at radius 1 is 1.18 bits per heavy atom. The number of nitriles is 1. The Kier molecular flexibility index (Phi) is 8.49. The Labute approximate surface area is 200 Å². The van der Waals surface area contributed by atoms with E-state index in [1.54, 1.807) is 19.2 Å². The van der Waals surface area contributed by atoms with Crippen molar-refractivity contribution in [3.8, 4) is 6.07 Å². The van der Waals surface area contributed by atoms with Gasteiger partial charge in [0, 0.05) is 25.4 Å². The summed E-state index contributed by atoms with van der Waals surface area (Å²) in [6.45, 7) is 2.61. The van der Waals surface area contributed by atoms with Crippen LogP contribution in [0.2, 0.25) is 5.02 Å². The molecule has 0 saturated heterocycles. The van der Waals surface area contributed by atoms with Gasteiger partial charge in [-0.1, -0.05) is 36.6 Å². The first-order valence-electron chi connectivity index (χ1n) is 11.3. The average molecular weight is 468 g/mol. The monoisotopic (exact) mass is 467 g/mol. The van der Waals surface area contributed by atoms with E-state index in [1.165, 1.54) is 6.07 Å². The molecule has 2 N–H and O–H groups in total. The highest BCUT2D eigenvalue weighted by molar-refractivity contribution is 6.34. The number of benzene rings is 2. The van der Waals surface area contributed by atoms with Crippen LogP contribution in [-0.2, 0) is 16.0 Å². The van der Waals surface area contributed by atoms with Gasteiger partial charge >= 0.3 is 0 Å². The molecule has 174 valence electrons. The van der Waals surface area contributed by atoms with E-state index < -0.39 is 0 Å². The molecule has 2 aromatic carbocycles. The number of rotatable bonds is 9. The van der Waals surface area contributed by atoms with Crippen molar-refractivity contribution in [1.29, 1.82) is 5.26 Å². The molecule has 0 radical (unpaired) electrons. The fourth-order valence-electron chi connectivity index (χ4n) is 4.41. The van der Waals surface area contributed by atoms with Crippen LogP contribution in [0.25, 0.3) is 0 Å². The molecular weight excluding hydrogens is 438 g/mol. The molecule has 1 saturated carbocycles. The topological polar surface area (TPSA) is 91.2 Å². The molecule has 33 heavy (non-hydrogen) atoms. The van der Waals surface area contributed by atoms with E-state index in [4.69, 9.17) is 21.6 Å². The van der Waals surface area contributed by atoms with Gasteiger partial charge in [0.2, 0.25) is 5.91 Å². The van der Waals surface area contributed by atoms with Crippen LogP contribution in [-0.4, -0.2) is 31.6 Å². The molecule has 1 aliphatic carbocycles. The fraction of sp³-hybridized carbons (Fsp3) is 0.423. The number of carbonyl (C=O) groups is 2. The van der Waals surface area contributed by atoms with Gasteiger partial charge in [-0.3, -0.25) is 9.59 Å². The van der Waals surface area contributed by atoms with Crippen molar-refractivity contribution in [3.05, 3.63) is 64.2 Å². The lowest BCUT2D eigenvalue weighted by Gasteiger charge is -2.29. The van der Waals surface area contributed by atoms with E-state index in [0.717, 1.165) is 37.7 Å². The Hall–Kier alpha value is -2.88. The van der Waals surface area contributed by atoms with Gasteiger partial charge in [0.15, 0.2) is 0 Å². The molecule has 2 amide bonds. The van der Waals surface area contributed by atoms with Crippen LogP contribution in [0, 0.1) is 16.7 Å². The van der Waals surface area contributed by atoms with Crippen molar-refractivity contribution in [1.82, 2.24) is 5.32 Å². The summed E-state index contributed by atoms with van der Waals surface area (Å²) in [5, 5.41) is 15.3. The second-order valence-corrected chi connectivity index (χ2v) is 9.17. The Balaban J connectivity index is 1.57. The number of amides is 2. The van der Waals surface area contributed by atoms with Crippen molar-refractivity contribution < 1.29 is 14.3 Å². The first-order valence-corrected chi connectivity index (χ1v) is 11.6. The van der Waals surface area contributed by atoms with Gasteiger partial charge in [-0.15, -0.1) is 0 Å². The summed E-state index contributed by atoms with van der Waals surface area (Å²) < 4.78 is 5.23. The zero-order valence-electron chi connectivity index (χ0n) is 19.1. The second-order valence-electron chi connectivity index (χ2n) is 8.77. The largest absolute Gasteiger partial charge is 0.385 e. The van der Waals surface area contributed by atoms with Crippen LogP contribution in [0.15, 0.2) is 42.5 Å². The average Bonchev–Trinajstić information content (AvgIpc) is 3.29. The molecule has 0 bridgehead atoms. The van der Waals surface area contributed by atoms with Crippen molar-refractivity contribution >= 4 is 29.1 Å². The zero-order chi connectivity index (χ0) is 23.8. The van der Waals surface area contributed by atoms with Gasteiger partial charge in [-0.2, -0.15) is 5.26 Å². The molecular formula is C26H30ClN3O3. The van der Waals surface area contributed by atoms with Crippen LogP contribution in [0.1, 0.15) is 60.5 Å². The van der Waals surface area contributed by atoms with Crippen molar-refractivity contribution in [2.45, 2.75) is 51.5 Å². The maximum Gasteiger partial charge on any atom is 0.257 e. The first-order chi connectivity index (χ1) is 15.9. The highest BCUT2D eigenvalue weighted by atomic mass is 35.5. The van der Waals surface area contributed by atoms with Gasteiger partial charge in [0.05, 0.1) is 27.6 Å². The van der Waals surface area contributed by atoms with E-state index in [-0.39, 0.29) is 28.8 Å². The smallest absolute Gasteiger partial charge is 0.257 e. The number of hydrogen-bond donors (Lipinski definition) is 2. The summed E-state index contributed by atoms with van der Waals surface area (Å²) in [6.07, 6.45) is 5.47. The number of halogens is 1. The summed E-state index contributed by atoms with van der Waals surface area (Å²) in [5.41, 5.74) is 2.01. The minimum Gasteiger partial charge on any atom is -0.385 e. The van der Waals surface area contributed by atoms with E-state index in [2.05, 4.69) is 10.6 Å². The van der Waals surface area contributed by atoms with E-state index in [0.29, 0.717) is 29.3 Å². The maximum atomic E-state index is 13.0. The molecule has 0 aromatic heterocycles. The normalized spacial score (nSPS) is 15.5. The number of nitrogens with zero attached hydrogens (tertiary/aromatic N) is 1. The second kappa shape index (κ2) is 11.3. The van der Waals surface area contributed by atoms with Crippen molar-refractivity contribution in [2.24, 2.45) is 5.41 Å². The third-order valence-electron chi connectivity index (χ3n) is 6.30. The SMILES string of the molecule is COCCC1(C(=O)N[C@H](C)Cc2ccc(NC(=O)c3cc(C#N)ccc3Cl)cc2)CCCC1. The lowest BCUT2D eigenvalue weighted by atomic mass is 9.81. The molecule has 2 aromatic rings. The highest BCUT2D eigenvalue weighted by Crippen LogP contribution is 2.41. The Morgan fingerprint density at radius 3 is 2.52 bits per heavy atom. The van der Waals surface area contributed by atoms with Crippen LogP contribution in [0.5, 0.6) is 0 Å².